The Hall–Kier alpha value is -7.28. The zero-order chi connectivity index (χ0) is 79.0. The quantitative estimate of drug-likeness (QED) is 0.0223. The second kappa shape index (κ2) is 45.9. The monoisotopic (exact) mass is 1550 g/mol. The second-order valence-corrected chi connectivity index (χ2v) is 30.3. The molecule has 0 radical (unpaired) electrons. The third-order valence-electron chi connectivity index (χ3n) is 20.0. The fourth-order valence-corrected chi connectivity index (χ4v) is 13.9. The van der Waals surface area contributed by atoms with Crippen molar-refractivity contribution in [3.8, 4) is 28.3 Å². The molecule has 2 aliphatic heterocycles. The minimum Gasteiger partial charge on any atom is -0.497 e. The van der Waals surface area contributed by atoms with Gasteiger partial charge in [0.25, 0.3) is 0 Å². The molecule has 34 nitrogen and oxygen atoms in total. The van der Waals surface area contributed by atoms with Gasteiger partial charge in [-0.2, -0.15) is 0 Å². The van der Waals surface area contributed by atoms with Crippen LogP contribution in [0.4, 0.5) is 0 Å². The number of aryl methyl sites for hydroxylation is 1. The summed E-state index contributed by atoms with van der Waals surface area (Å²) >= 11 is 0. The average molecular weight is 1560 g/mol. The Balaban J connectivity index is 0.768. The highest BCUT2D eigenvalue weighted by molar-refractivity contribution is 7.46. The van der Waals surface area contributed by atoms with Crippen molar-refractivity contribution in [2.45, 2.75) is 248 Å². The van der Waals surface area contributed by atoms with Crippen molar-refractivity contribution < 1.29 is 107 Å². The number of aliphatic hydroxyl groups is 7. The number of hydrogen-bond acceptors (Lipinski definition) is 24. The number of phosphoric ester groups is 1. The molecule has 3 fully saturated rings. The van der Waals surface area contributed by atoms with Crippen LogP contribution < -0.4 is 31.3 Å². The normalized spacial score (nSPS) is 23.0. The number of Topliss-reactive ketones (excluding diaryl/α,β-unsaturated/α-hetero) is 1. The number of methoxy groups -OCH3 is 1. The van der Waals surface area contributed by atoms with Crippen LogP contribution in [-0.4, -0.2) is 255 Å². The first-order valence-electron chi connectivity index (χ1n) is 38.2. The number of nitrogens with one attached hydrogen (secondary N) is 5. The van der Waals surface area contributed by atoms with E-state index in [2.05, 4.69) is 51.7 Å². The highest BCUT2D eigenvalue weighted by atomic mass is 31.2. The van der Waals surface area contributed by atoms with Crippen LogP contribution in [0.5, 0.6) is 5.75 Å². The summed E-state index contributed by atoms with van der Waals surface area (Å²) in [6.45, 7) is 5.30. The van der Waals surface area contributed by atoms with Gasteiger partial charge in [-0.15, -0.1) is 10.2 Å². The number of phosphoric acid groups is 1. The molecule has 608 valence electrons. The standard InChI is InChI=1S/C74H115N12O22P/c1-47-19-17-20-50(33-47)60-42-85(83-80-60)43-63-72(99)70(97)49(3)74(108-63)106-46-57(90)38-78-65(92)26-11-8-16-32-76-73(100)59(79-67(94)27-14-13-23-54(87)22-9-5-6-12-28-68(95)86-40-55(88)36-53(86)44-107-109(101,102)103)29-30-66(93)75-31-15-7-10-25-64(91)77-37-56(89)45-105-62-35-52(71(98)69(96)48(62)2)39-84-41-61(81-82-84)51-21-18-24-58(34-51)104-4/h17-21,24,33-34,41-42,48-49,52-53,55-57,59,62-63,69-72,74,88-90,96-99H,5-16,22-23,25-32,35-40,43-46H2,1-4H3,(H,75,93)(H,76,100)(H,77,91)(H,78,92)(H,79,94)(H2,101,102,103)/t48?,49?,52?,53-,55+,56?,57?,59-,62?,63?,69?,70?,71?,72?,74?/m0/s1. The molecular formula is C74H115N12O22P. The predicted molar refractivity (Wildman–Crippen MR) is 394 cm³/mol. The topological polar surface area (TPSA) is 490 Å². The van der Waals surface area contributed by atoms with Crippen molar-refractivity contribution in [2.24, 2.45) is 17.8 Å². The third-order valence-corrected chi connectivity index (χ3v) is 20.5. The Bertz CT molecular complexity index is 3530. The number of likely N-dealkylation sites (tertiary alicyclic amines) is 1. The van der Waals surface area contributed by atoms with Crippen LogP contribution in [0.3, 0.4) is 0 Å². The molecule has 12 unspecified atom stereocenters. The first kappa shape index (κ1) is 88.9. The van der Waals surface area contributed by atoms with E-state index in [-0.39, 0.29) is 140 Å². The van der Waals surface area contributed by atoms with Crippen molar-refractivity contribution in [1.82, 2.24) is 61.5 Å². The molecule has 2 aromatic carbocycles. The third kappa shape index (κ3) is 31.1. The Labute approximate surface area is 635 Å². The SMILES string of the molecule is COc1cccc(-c2cn(CC3CC(OCC(O)CNC(=O)CCCCCNC(=O)CC[C@H](NC(=O)CCCCC(=O)CCCCCCC(=O)N4C[C@H](O)C[C@H]4COP(=O)(O)O)C(=O)NCCCCCC(=O)NCC(O)COC4OC(Cn5cc(-c6cccc(C)c6)nn5)C(O)C(O)C4C)C(C)C(O)C3O)nn2)c1. The Morgan fingerprint density at radius 1 is 0.615 bits per heavy atom. The number of nitrogens with zero attached hydrogens (tertiary/aromatic N) is 7. The molecule has 7 rings (SSSR count). The summed E-state index contributed by atoms with van der Waals surface area (Å²) < 4.78 is 42.1. The van der Waals surface area contributed by atoms with Crippen LogP contribution in [0.1, 0.15) is 161 Å². The van der Waals surface area contributed by atoms with E-state index in [1.165, 1.54) is 9.58 Å². The van der Waals surface area contributed by atoms with Gasteiger partial charge in [-0.3, -0.25) is 42.8 Å². The van der Waals surface area contributed by atoms with E-state index in [1.54, 1.807) is 38.0 Å². The lowest BCUT2D eigenvalue weighted by molar-refractivity contribution is -0.283. The molecule has 2 saturated heterocycles. The number of rotatable bonds is 49. The number of β-amino-alcohol motifs (C(OH)–C–C–N with tert-alkyl or cyclic N) is 1. The summed E-state index contributed by atoms with van der Waals surface area (Å²) in [5, 5.41) is 106. The molecule has 0 bridgehead atoms. The number of benzene rings is 2. The second-order valence-electron chi connectivity index (χ2n) is 29.1. The van der Waals surface area contributed by atoms with Gasteiger partial charge in [0, 0.05) is 113 Å². The maximum atomic E-state index is 13.6. The van der Waals surface area contributed by atoms with E-state index in [4.69, 9.17) is 28.7 Å². The predicted octanol–water partition coefficient (Wildman–Crippen LogP) is 2.20. The van der Waals surface area contributed by atoms with Crippen molar-refractivity contribution in [1.29, 1.82) is 0 Å². The molecule has 4 heterocycles. The van der Waals surface area contributed by atoms with Gasteiger partial charge in [0.2, 0.25) is 35.4 Å². The molecule has 109 heavy (non-hydrogen) atoms. The maximum Gasteiger partial charge on any atom is 0.469 e. The van der Waals surface area contributed by atoms with Gasteiger partial charge in [-0.05, 0) is 95.8 Å². The Morgan fingerprint density at radius 3 is 1.81 bits per heavy atom. The lowest BCUT2D eigenvalue weighted by atomic mass is 9.76. The van der Waals surface area contributed by atoms with Crippen LogP contribution in [-0.2, 0) is 70.0 Å². The van der Waals surface area contributed by atoms with Gasteiger partial charge in [-0.1, -0.05) is 85.9 Å². The van der Waals surface area contributed by atoms with E-state index in [1.807, 2.05) is 55.5 Å². The minimum atomic E-state index is -4.74. The highest BCUT2D eigenvalue weighted by Crippen LogP contribution is 2.38. The van der Waals surface area contributed by atoms with Gasteiger partial charge >= 0.3 is 7.82 Å². The molecular weight excluding hydrogens is 1440 g/mol. The van der Waals surface area contributed by atoms with E-state index in [0.717, 1.165) is 16.7 Å². The van der Waals surface area contributed by atoms with Crippen molar-refractivity contribution in [3.63, 3.8) is 0 Å². The first-order valence-corrected chi connectivity index (χ1v) is 39.7. The lowest BCUT2D eigenvalue weighted by Gasteiger charge is -2.41. The summed E-state index contributed by atoms with van der Waals surface area (Å²) in [5.41, 5.74) is 3.97. The molecule has 4 aromatic rings. The van der Waals surface area contributed by atoms with Gasteiger partial charge < -0.3 is 96.0 Å². The van der Waals surface area contributed by atoms with E-state index < -0.39 is 117 Å². The molecule has 1 aliphatic carbocycles. The summed E-state index contributed by atoms with van der Waals surface area (Å²) in [6.07, 6.45) is 1.24. The number of aromatic nitrogens is 6. The van der Waals surface area contributed by atoms with E-state index >= 15 is 0 Å². The molecule has 6 amide bonds. The summed E-state index contributed by atoms with van der Waals surface area (Å²) in [4.78, 5) is 111. The minimum absolute atomic E-state index is 0.0161. The van der Waals surface area contributed by atoms with Crippen LogP contribution in [0.15, 0.2) is 60.9 Å². The highest BCUT2D eigenvalue weighted by Gasteiger charge is 2.45. The fraction of sp³-hybridized carbons (Fsp3) is 0.689. The molecule has 0 spiro atoms. The van der Waals surface area contributed by atoms with Gasteiger partial charge in [0.15, 0.2) is 6.29 Å². The number of unbranched alkanes of at least 4 members (excludes halogenated alkanes) is 8. The fourth-order valence-electron chi connectivity index (χ4n) is 13.5. The molecule has 35 heteroatoms. The maximum absolute atomic E-state index is 13.6. The number of aliphatic hydroxyl groups excluding tert-OH is 7. The number of ether oxygens (including phenoxy) is 4. The summed E-state index contributed by atoms with van der Waals surface area (Å²) in [7, 11) is -3.17. The van der Waals surface area contributed by atoms with Crippen LogP contribution >= 0.6 is 7.82 Å². The molecule has 2 aromatic heterocycles. The summed E-state index contributed by atoms with van der Waals surface area (Å²) in [5.74, 6) is -3.01. The van der Waals surface area contributed by atoms with Crippen molar-refractivity contribution >= 4 is 49.0 Å². The smallest absolute Gasteiger partial charge is 0.469 e. The van der Waals surface area contributed by atoms with Gasteiger partial charge in [0.1, 0.15) is 41.2 Å². The van der Waals surface area contributed by atoms with Gasteiger partial charge in [-0.25, -0.2) is 9.25 Å². The largest absolute Gasteiger partial charge is 0.497 e. The average Bonchev–Trinajstić information content (AvgIpc) is 1.76. The Morgan fingerprint density at radius 2 is 1.17 bits per heavy atom. The zero-order valence-electron chi connectivity index (χ0n) is 63.0. The van der Waals surface area contributed by atoms with Crippen molar-refractivity contribution in [2.75, 3.05) is 59.7 Å². The van der Waals surface area contributed by atoms with Crippen LogP contribution in [0.25, 0.3) is 22.5 Å². The zero-order valence-corrected chi connectivity index (χ0v) is 63.9. The Kier molecular flexibility index (Phi) is 37.4. The first-order chi connectivity index (χ1) is 52.1. The van der Waals surface area contributed by atoms with Crippen molar-refractivity contribution in [3.05, 3.63) is 66.5 Å². The molecule has 1 saturated carbocycles. The van der Waals surface area contributed by atoms with Crippen LogP contribution in [0, 0.1) is 24.7 Å². The molecule has 3 aliphatic rings. The number of carbonyl (C=O) groups is 7. The number of hydrogen-bond donors (Lipinski definition) is 14. The lowest BCUT2D eigenvalue weighted by Crippen LogP contribution is -2.55. The van der Waals surface area contributed by atoms with Gasteiger partial charge in [0.05, 0.1) is 94.6 Å². The number of carbonyl (C=O) groups excluding carboxylic acids is 7. The van der Waals surface area contributed by atoms with E-state index in [0.29, 0.717) is 107 Å². The summed E-state index contributed by atoms with van der Waals surface area (Å²) in [6, 6.07) is 13.4. The molecule has 15 atom stereocenters. The number of ketones is 1. The molecule has 14 N–H and O–H groups in total. The van der Waals surface area contributed by atoms with E-state index in [9.17, 15) is 73.9 Å². The number of amides is 6. The van der Waals surface area contributed by atoms with Crippen LogP contribution in [0.2, 0.25) is 0 Å².